The van der Waals surface area contributed by atoms with E-state index in [0.717, 1.165) is 0 Å². The first-order valence-corrected chi connectivity index (χ1v) is 11.0. The van der Waals surface area contributed by atoms with Crippen LogP contribution in [0.3, 0.4) is 0 Å². The van der Waals surface area contributed by atoms with E-state index in [9.17, 15) is 9.90 Å². The van der Waals surface area contributed by atoms with Crippen molar-refractivity contribution in [2.45, 2.75) is 70.7 Å². The second-order valence-electron chi connectivity index (χ2n) is 7.72. The fraction of sp³-hybridized carbons (Fsp3) is 0.750. The second-order valence-corrected chi connectivity index (χ2v) is 12.5. The van der Waals surface area contributed by atoms with Crippen LogP contribution in [-0.4, -0.2) is 41.8 Å². The molecule has 1 aliphatic heterocycles. The molecule has 3 atom stereocenters. The Bertz CT molecular complexity index is 609. The number of hydrogen-bond acceptors (Lipinski definition) is 5. The molecule has 0 amide bonds. The quantitative estimate of drug-likeness (QED) is 0.851. The van der Waals surface area contributed by atoms with Gasteiger partial charge in [0, 0.05) is 18.3 Å². The van der Waals surface area contributed by atoms with E-state index in [1.165, 1.54) is 4.57 Å². The van der Waals surface area contributed by atoms with Gasteiger partial charge in [-0.15, -0.1) is 0 Å². The van der Waals surface area contributed by atoms with Gasteiger partial charge in [0.15, 0.2) is 8.32 Å². The zero-order chi connectivity index (χ0) is 17.4. The Morgan fingerprint density at radius 3 is 2.65 bits per heavy atom. The second kappa shape index (κ2) is 6.47. The summed E-state index contributed by atoms with van der Waals surface area (Å²) in [4.78, 5) is 16.0. The molecule has 2 rings (SSSR count). The summed E-state index contributed by atoms with van der Waals surface area (Å²) in [5, 5.41) is 9.70. The average molecular weight is 340 g/mol. The van der Waals surface area contributed by atoms with Gasteiger partial charge < -0.3 is 14.3 Å². The van der Waals surface area contributed by atoms with Gasteiger partial charge in [-0.3, -0.25) is 4.57 Å². The van der Waals surface area contributed by atoms with Crippen molar-refractivity contribution < 1.29 is 14.3 Å². The van der Waals surface area contributed by atoms with Crippen LogP contribution in [0, 0.1) is 6.92 Å². The Labute approximate surface area is 138 Å². The first-order chi connectivity index (χ1) is 10.5. The molecule has 1 aromatic rings. The molecule has 6 nitrogen and oxygen atoms in total. The third kappa shape index (κ3) is 3.91. The molecule has 7 heteroatoms. The number of ether oxygens (including phenoxy) is 1. The molecule has 0 saturated carbocycles. The first kappa shape index (κ1) is 18.3. The molecule has 0 unspecified atom stereocenters. The summed E-state index contributed by atoms with van der Waals surface area (Å²) in [6, 6.07) is 1.78. The third-order valence-electron chi connectivity index (χ3n) is 4.89. The van der Waals surface area contributed by atoms with Crippen molar-refractivity contribution in [3.8, 4) is 0 Å². The van der Waals surface area contributed by atoms with Gasteiger partial charge in [-0.05, 0) is 31.1 Å². The topological polar surface area (TPSA) is 73.6 Å². The number of aliphatic hydroxyl groups excluding tert-OH is 1. The van der Waals surface area contributed by atoms with E-state index in [4.69, 9.17) is 9.16 Å². The highest BCUT2D eigenvalue weighted by molar-refractivity contribution is 6.74. The first-order valence-electron chi connectivity index (χ1n) is 8.05. The van der Waals surface area contributed by atoms with Crippen molar-refractivity contribution in [3.05, 3.63) is 28.4 Å². The van der Waals surface area contributed by atoms with Crippen LogP contribution in [0.1, 0.15) is 39.1 Å². The molecule has 1 saturated heterocycles. The van der Waals surface area contributed by atoms with Crippen molar-refractivity contribution in [2.75, 3.05) is 6.61 Å². The lowest BCUT2D eigenvalue weighted by atomic mass is 10.2. The zero-order valence-corrected chi connectivity index (χ0v) is 15.9. The van der Waals surface area contributed by atoms with Gasteiger partial charge in [0.1, 0.15) is 12.3 Å². The summed E-state index contributed by atoms with van der Waals surface area (Å²) in [5.41, 5.74) is 0.344. The van der Waals surface area contributed by atoms with Crippen molar-refractivity contribution >= 4 is 8.32 Å². The summed E-state index contributed by atoms with van der Waals surface area (Å²) in [6.07, 6.45) is 1.17. The van der Waals surface area contributed by atoms with E-state index < -0.39 is 20.6 Å². The van der Waals surface area contributed by atoms with Crippen molar-refractivity contribution in [3.63, 3.8) is 0 Å². The summed E-state index contributed by atoms with van der Waals surface area (Å²) < 4.78 is 13.7. The van der Waals surface area contributed by atoms with Crippen molar-refractivity contribution in [2.24, 2.45) is 0 Å². The summed E-state index contributed by atoms with van der Waals surface area (Å²) in [7, 11) is -1.98. The Balaban J connectivity index is 2.19. The molecule has 1 aliphatic rings. The number of aromatic nitrogens is 2. The molecule has 0 aromatic carbocycles. The van der Waals surface area contributed by atoms with E-state index in [0.29, 0.717) is 12.1 Å². The maximum absolute atomic E-state index is 12.1. The maximum Gasteiger partial charge on any atom is 0.349 e. The van der Waals surface area contributed by atoms with E-state index in [-0.39, 0.29) is 23.4 Å². The van der Waals surface area contributed by atoms with Crippen LogP contribution < -0.4 is 5.69 Å². The van der Waals surface area contributed by atoms with Gasteiger partial charge in [0.2, 0.25) is 0 Å². The highest BCUT2D eigenvalue weighted by atomic mass is 28.4. The minimum Gasteiger partial charge on any atom is -0.411 e. The number of nitrogens with zero attached hydrogens (tertiary/aromatic N) is 2. The smallest absolute Gasteiger partial charge is 0.349 e. The van der Waals surface area contributed by atoms with Crippen LogP contribution in [0.2, 0.25) is 18.1 Å². The molecule has 130 valence electrons. The lowest BCUT2D eigenvalue weighted by Crippen LogP contribution is -2.46. The van der Waals surface area contributed by atoms with E-state index in [1.807, 2.05) is 0 Å². The lowest BCUT2D eigenvalue weighted by Gasteiger charge is -2.39. The monoisotopic (exact) mass is 340 g/mol. The minimum atomic E-state index is -1.98. The van der Waals surface area contributed by atoms with Gasteiger partial charge >= 0.3 is 5.69 Å². The van der Waals surface area contributed by atoms with Gasteiger partial charge in [-0.25, -0.2) is 4.79 Å². The lowest BCUT2D eigenvalue weighted by molar-refractivity contribution is -0.0438. The molecule has 0 aliphatic carbocycles. The molecule has 23 heavy (non-hydrogen) atoms. The summed E-state index contributed by atoms with van der Waals surface area (Å²) in [6.45, 7) is 12.5. The number of aryl methyl sites for hydroxylation is 1. The Hall–Kier alpha value is -1.02. The zero-order valence-electron chi connectivity index (χ0n) is 14.9. The largest absolute Gasteiger partial charge is 0.411 e. The Kier molecular flexibility index (Phi) is 5.15. The number of aliphatic hydroxyl groups is 1. The highest BCUT2D eigenvalue weighted by Crippen LogP contribution is 2.40. The van der Waals surface area contributed by atoms with Crippen molar-refractivity contribution in [1.29, 1.82) is 0 Å². The van der Waals surface area contributed by atoms with Crippen LogP contribution in [0.4, 0.5) is 0 Å². The van der Waals surface area contributed by atoms with E-state index >= 15 is 0 Å². The van der Waals surface area contributed by atoms with E-state index in [2.05, 4.69) is 38.8 Å². The predicted molar refractivity (Wildman–Crippen MR) is 90.9 cm³/mol. The van der Waals surface area contributed by atoms with E-state index in [1.54, 1.807) is 19.2 Å². The molecule has 1 N–H and O–H groups in total. The summed E-state index contributed by atoms with van der Waals surface area (Å²) in [5.74, 6) is 0. The van der Waals surface area contributed by atoms with Crippen LogP contribution in [0.15, 0.2) is 17.1 Å². The van der Waals surface area contributed by atoms with Crippen molar-refractivity contribution in [1.82, 2.24) is 9.55 Å². The molecule has 2 heterocycles. The minimum absolute atomic E-state index is 0.0767. The highest BCUT2D eigenvalue weighted by Gasteiger charge is 2.45. The van der Waals surface area contributed by atoms with Crippen LogP contribution in [-0.2, 0) is 9.16 Å². The molecular weight excluding hydrogens is 312 g/mol. The van der Waals surface area contributed by atoms with Gasteiger partial charge in [-0.1, -0.05) is 20.8 Å². The van der Waals surface area contributed by atoms with Gasteiger partial charge in [-0.2, -0.15) is 4.98 Å². The summed E-state index contributed by atoms with van der Waals surface area (Å²) >= 11 is 0. The molecule has 0 spiro atoms. The molecule has 0 radical (unpaired) electrons. The molecular formula is C16H28N2O4Si. The average Bonchev–Trinajstić information content (AvgIpc) is 2.79. The Morgan fingerprint density at radius 1 is 1.48 bits per heavy atom. The predicted octanol–water partition coefficient (Wildman–Crippen LogP) is 2.22. The van der Waals surface area contributed by atoms with Crippen LogP contribution in [0.5, 0.6) is 0 Å². The third-order valence-corrected chi connectivity index (χ3v) is 9.40. The standard InChI is InChI=1S/C16H28N2O4Si/c1-11-7-8-18(15(20)17-11)14-9-12(13(10-19)21-14)22-23(5,6)16(2,3)4/h7-8,12-14,19H,9-10H2,1-6H3/t12-,13+,14+/m0/s1. The number of hydrogen-bond donors (Lipinski definition) is 1. The fourth-order valence-corrected chi connectivity index (χ4v) is 3.79. The molecule has 1 fully saturated rings. The van der Waals surface area contributed by atoms with Crippen LogP contribution in [0.25, 0.3) is 0 Å². The van der Waals surface area contributed by atoms with Gasteiger partial charge in [0.25, 0.3) is 0 Å². The maximum atomic E-state index is 12.1. The van der Waals surface area contributed by atoms with Gasteiger partial charge in [0.05, 0.1) is 12.7 Å². The number of rotatable bonds is 4. The van der Waals surface area contributed by atoms with Crippen LogP contribution >= 0.6 is 0 Å². The normalized spacial score (nSPS) is 25.8. The molecule has 0 bridgehead atoms. The fourth-order valence-electron chi connectivity index (χ4n) is 2.43. The molecule has 1 aromatic heterocycles. The SMILES string of the molecule is Cc1ccn([C@H]2C[C@H](O[Si](C)(C)C(C)(C)C)[C@@H](CO)O2)c(=O)n1. The Morgan fingerprint density at radius 2 is 2.13 bits per heavy atom.